The maximum absolute atomic E-state index is 11.9. The van der Waals surface area contributed by atoms with Gasteiger partial charge >= 0.3 is 0 Å². The Morgan fingerprint density at radius 2 is 2.00 bits per heavy atom. The number of ether oxygens (including phenoxy) is 1. The molecule has 0 fully saturated rings. The minimum Gasteiger partial charge on any atom is -0.369 e. The summed E-state index contributed by atoms with van der Waals surface area (Å²) < 4.78 is 5.11. The molecule has 0 saturated heterocycles. The van der Waals surface area contributed by atoms with E-state index in [9.17, 15) is 4.79 Å². The van der Waals surface area contributed by atoms with E-state index in [0.717, 1.165) is 5.56 Å². The summed E-state index contributed by atoms with van der Waals surface area (Å²) in [6, 6.07) is 3.60. The number of rotatable bonds is 3. The van der Waals surface area contributed by atoms with Crippen molar-refractivity contribution in [2.24, 2.45) is 0 Å². The summed E-state index contributed by atoms with van der Waals surface area (Å²) in [6.07, 6.45) is 1.67. The summed E-state index contributed by atoms with van der Waals surface area (Å²) >= 11 is 0. The Balaban J connectivity index is 2.77. The topological polar surface area (TPSA) is 51.2 Å². The van der Waals surface area contributed by atoms with Crippen LogP contribution in [0.4, 0.5) is 5.82 Å². The summed E-state index contributed by atoms with van der Waals surface area (Å²) in [5.41, 5.74) is 3.25. The van der Waals surface area contributed by atoms with Crippen molar-refractivity contribution in [2.75, 3.05) is 12.4 Å². The Morgan fingerprint density at radius 1 is 1.35 bits per heavy atom. The van der Waals surface area contributed by atoms with Crippen molar-refractivity contribution >= 4 is 19.8 Å². The number of carbonyl (C=O) groups excluding carboxylic acids is 1. The average molecular weight is 290 g/mol. The Morgan fingerprint density at radius 3 is 2.45 bits per heavy atom. The Labute approximate surface area is 122 Å². The Kier molecular flexibility index (Phi) is 5.09. The van der Waals surface area contributed by atoms with Crippen LogP contribution in [0.15, 0.2) is 18.3 Å². The third-order valence-electron chi connectivity index (χ3n) is 2.64. The first kappa shape index (κ1) is 16.4. The van der Waals surface area contributed by atoms with Gasteiger partial charge in [-0.1, -0.05) is 25.6 Å². The lowest BCUT2D eigenvalue weighted by atomic mass is 10.1. The molecule has 1 aromatic heterocycles. The zero-order valence-electron chi connectivity index (χ0n) is 13.0. The second-order valence-electron chi connectivity index (χ2n) is 6.10. The van der Waals surface area contributed by atoms with Gasteiger partial charge in [0.05, 0.1) is 0 Å². The lowest BCUT2D eigenvalue weighted by molar-refractivity contribution is -0.133. The minimum atomic E-state index is -1.38. The molecule has 1 amide bonds. The summed E-state index contributed by atoms with van der Waals surface area (Å²) in [5, 5.41) is 2.72. The fourth-order valence-corrected chi connectivity index (χ4v) is 1.68. The van der Waals surface area contributed by atoms with Crippen molar-refractivity contribution in [3.63, 3.8) is 0 Å². The largest absolute Gasteiger partial charge is 0.369 e. The molecule has 0 aliphatic rings. The van der Waals surface area contributed by atoms with Gasteiger partial charge in [0.25, 0.3) is 5.91 Å². The fraction of sp³-hybridized carbons (Fsp3) is 0.467. The monoisotopic (exact) mass is 290 g/mol. The van der Waals surface area contributed by atoms with Gasteiger partial charge in [0.1, 0.15) is 19.5 Å². The minimum absolute atomic E-state index is 0.228. The molecule has 4 nitrogen and oxygen atoms in total. The van der Waals surface area contributed by atoms with Crippen molar-refractivity contribution in [1.82, 2.24) is 4.98 Å². The standard InChI is InChI=1S/C15H22N2O2Si/c1-15(2,19-3)14(18)17-13-8-7-12(11-16-13)9-10-20(4,5)6/h7-8,11H,1-6H3,(H,16,17,18). The number of methoxy groups -OCH3 is 1. The van der Waals surface area contributed by atoms with E-state index in [2.05, 4.69) is 41.4 Å². The van der Waals surface area contributed by atoms with Gasteiger partial charge in [0.2, 0.25) is 0 Å². The normalized spacial score (nSPS) is 11.5. The molecule has 0 atom stereocenters. The quantitative estimate of drug-likeness (QED) is 0.688. The van der Waals surface area contributed by atoms with Crippen molar-refractivity contribution in [2.45, 2.75) is 39.1 Å². The number of nitrogens with zero attached hydrogens (tertiary/aromatic N) is 1. The number of amides is 1. The van der Waals surface area contributed by atoms with Crippen LogP contribution in [0.5, 0.6) is 0 Å². The first-order valence-electron chi connectivity index (χ1n) is 6.50. The molecule has 1 heterocycles. The zero-order chi connectivity index (χ0) is 15.4. The van der Waals surface area contributed by atoms with E-state index in [1.807, 2.05) is 6.07 Å². The van der Waals surface area contributed by atoms with E-state index >= 15 is 0 Å². The number of aromatic nitrogens is 1. The number of nitrogens with one attached hydrogen (secondary N) is 1. The van der Waals surface area contributed by atoms with E-state index in [1.165, 1.54) is 7.11 Å². The first-order valence-corrected chi connectivity index (χ1v) is 10.00. The molecule has 0 aliphatic carbocycles. The van der Waals surface area contributed by atoms with Crippen molar-refractivity contribution in [1.29, 1.82) is 0 Å². The summed E-state index contributed by atoms with van der Waals surface area (Å²) in [6.45, 7) is 9.98. The highest BCUT2D eigenvalue weighted by Crippen LogP contribution is 2.12. The Hall–Kier alpha value is -1.64. The lowest BCUT2D eigenvalue weighted by Gasteiger charge is -2.21. The van der Waals surface area contributed by atoms with Gasteiger partial charge in [-0.25, -0.2) is 4.98 Å². The van der Waals surface area contributed by atoms with E-state index in [4.69, 9.17) is 4.74 Å². The van der Waals surface area contributed by atoms with Crippen LogP contribution in [-0.2, 0) is 9.53 Å². The lowest BCUT2D eigenvalue weighted by Crippen LogP contribution is -2.39. The zero-order valence-corrected chi connectivity index (χ0v) is 14.0. The predicted octanol–water partition coefficient (Wildman–Crippen LogP) is 2.67. The third kappa shape index (κ3) is 5.15. The molecular weight excluding hydrogens is 268 g/mol. The molecule has 1 rings (SSSR count). The summed E-state index contributed by atoms with van der Waals surface area (Å²) in [7, 11) is 0.117. The van der Waals surface area contributed by atoms with E-state index in [1.54, 1.807) is 26.1 Å². The smallest absolute Gasteiger partial charge is 0.257 e. The van der Waals surface area contributed by atoms with Crippen LogP contribution in [0, 0.1) is 11.5 Å². The van der Waals surface area contributed by atoms with Gasteiger partial charge in [0, 0.05) is 18.9 Å². The molecule has 1 N–H and O–H groups in total. The van der Waals surface area contributed by atoms with Crippen LogP contribution in [0.1, 0.15) is 19.4 Å². The molecule has 0 aliphatic heterocycles. The van der Waals surface area contributed by atoms with E-state index in [-0.39, 0.29) is 5.91 Å². The molecule has 0 aromatic carbocycles. The summed E-state index contributed by atoms with van der Waals surface area (Å²) in [4.78, 5) is 16.1. The number of hydrogen-bond donors (Lipinski definition) is 1. The number of carbonyl (C=O) groups is 1. The molecule has 108 valence electrons. The SMILES string of the molecule is COC(C)(C)C(=O)Nc1ccc(C#C[Si](C)(C)C)cn1. The maximum atomic E-state index is 11.9. The predicted molar refractivity (Wildman–Crippen MR) is 84.2 cm³/mol. The van der Waals surface area contributed by atoms with Gasteiger partial charge in [-0.3, -0.25) is 4.79 Å². The molecule has 0 spiro atoms. The van der Waals surface area contributed by atoms with E-state index < -0.39 is 13.7 Å². The highest BCUT2D eigenvalue weighted by molar-refractivity contribution is 6.83. The average Bonchev–Trinajstić information content (AvgIpc) is 2.37. The first-order chi connectivity index (χ1) is 9.14. The van der Waals surface area contributed by atoms with Crippen molar-refractivity contribution in [3.05, 3.63) is 23.9 Å². The van der Waals surface area contributed by atoms with Crippen LogP contribution in [0.2, 0.25) is 19.6 Å². The van der Waals surface area contributed by atoms with Crippen molar-refractivity contribution < 1.29 is 9.53 Å². The second kappa shape index (κ2) is 6.20. The van der Waals surface area contributed by atoms with Gasteiger partial charge in [-0.15, -0.1) is 5.54 Å². The highest BCUT2D eigenvalue weighted by Gasteiger charge is 2.27. The van der Waals surface area contributed by atoms with Gasteiger partial charge in [-0.05, 0) is 26.0 Å². The molecule has 0 radical (unpaired) electrons. The fourth-order valence-electron chi connectivity index (χ4n) is 1.16. The maximum Gasteiger partial charge on any atom is 0.257 e. The molecule has 0 saturated carbocycles. The Bertz CT molecular complexity index is 534. The van der Waals surface area contributed by atoms with Crippen molar-refractivity contribution in [3.8, 4) is 11.5 Å². The van der Waals surface area contributed by atoms with Gasteiger partial charge in [0.15, 0.2) is 0 Å². The van der Waals surface area contributed by atoms with Crippen LogP contribution in [-0.4, -0.2) is 31.7 Å². The van der Waals surface area contributed by atoms with Crippen LogP contribution >= 0.6 is 0 Å². The van der Waals surface area contributed by atoms with Crippen LogP contribution in [0.3, 0.4) is 0 Å². The van der Waals surface area contributed by atoms with Gasteiger partial charge < -0.3 is 10.1 Å². The van der Waals surface area contributed by atoms with Crippen LogP contribution in [0.25, 0.3) is 0 Å². The second-order valence-corrected chi connectivity index (χ2v) is 10.9. The van der Waals surface area contributed by atoms with Gasteiger partial charge in [-0.2, -0.15) is 0 Å². The summed E-state index contributed by atoms with van der Waals surface area (Å²) in [5.74, 6) is 3.39. The molecule has 1 aromatic rings. The molecule has 20 heavy (non-hydrogen) atoms. The molecule has 0 unspecified atom stereocenters. The number of hydrogen-bond acceptors (Lipinski definition) is 3. The van der Waals surface area contributed by atoms with Crippen LogP contribution < -0.4 is 5.32 Å². The highest BCUT2D eigenvalue weighted by atomic mass is 28.3. The van der Waals surface area contributed by atoms with E-state index in [0.29, 0.717) is 5.82 Å². The third-order valence-corrected chi connectivity index (χ3v) is 3.52. The molecular formula is C15H22N2O2Si. The molecule has 0 bridgehead atoms. The number of pyridine rings is 1. The molecule has 5 heteroatoms. The number of anilines is 1.